The fourth-order valence-electron chi connectivity index (χ4n) is 5.48. The first kappa shape index (κ1) is 24.7. The highest BCUT2D eigenvalue weighted by Crippen LogP contribution is 2.40. The fraction of sp³-hybridized carbons (Fsp3) is 0.552. The summed E-state index contributed by atoms with van der Waals surface area (Å²) in [6, 6.07) is 14.5. The SMILES string of the molecule is CCCCN(C)C(=O)c1cccc(OC[C@@H]2CCc3cc([C@H]4CC[C@](N)(CO)C4)ccc3C2)c1. The quantitative estimate of drug-likeness (QED) is 0.564. The van der Waals surface area contributed by atoms with Crippen molar-refractivity contribution < 1.29 is 14.6 Å². The Labute approximate surface area is 204 Å². The number of unbranched alkanes of at least 4 members (excludes halogenated alkanes) is 1. The first-order valence-electron chi connectivity index (χ1n) is 12.9. The Kier molecular flexibility index (Phi) is 7.95. The molecule has 0 aliphatic heterocycles. The lowest BCUT2D eigenvalue weighted by atomic mass is 9.82. The second-order valence-electron chi connectivity index (χ2n) is 10.5. The van der Waals surface area contributed by atoms with Crippen LogP contribution in [0, 0.1) is 5.92 Å². The molecule has 5 heteroatoms. The number of aliphatic hydroxyl groups excluding tert-OH is 1. The van der Waals surface area contributed by atoms with Crippen LogP contribution in [0.2, 0.25) is 0 Å². The number of aliphatic hydroxyl groups is 1. The summed E-state index contributed by atoms with van der Waals surface area (Å²) in [5.74, 6) is 1.75. The van der Waals surface area contributed by atoms with Crippen LogP contribution in [0.15, 0.2) is 42.5 Å². The zero-order chi connectivity index (χ0) is 24.1. The standard InChI is InChI=1S/C29H40N2O3/c1-3-4-14-31(2)28(33)25-6-5-7-27(17-25)34-19-21-8-9-23-16-24(11-10-22(23)15-21)26-12-13-29(30,18-26)20-32/h5-7,10-11,16-17,21,26,32H,3-4,8-9,12-15,18-20,30H2,1-2H3/t21-,26+,29-/m1/s1. The predicted octanol–water partition coefficient (Wildman–Crippen LogP) is 4.70. The smallest absolute Gasteiger partial charge is 0.253 e. The lowest BCUT2D eigenvalue weighted by Crippen LogP contribution is -2.40. The van der Waals surface area contributed by atoms with E-state index in [9.17, 15) is 9.90 Å². The zero-order valence-electron chi connectivity index (χ0n) is 20.8. The zero-order valence-corrected chi connectivity index (χ0v) is 20.8. The minimum absolute atomic E-state index is 0.0504. The van der Waals surface area contributed by atoms with Crippen LogP contribution in [0.25, 0.3) is 0 Å². The third kappa shape index (κ3) is 5.81. The van der Waals surface area contributed by atoms with E-state index in [1.807, 2.05) is 31.3 Å². The van der Waals surface area contributed by atoms with Gasteiger partial charge in [0.25, 0.3) is 5.91 Å². The molecular formula is C29H40N2O3. The molecule has 0 unspecified atom stereocenters. The molecule has 0 saturated heterocycles. The monoisotopic (exact) mass is 464 g/mol. The highest BCUT2D eigenvalue weighted by molar-refractivity contribution is 5.94. The Balaban J connectivity index is 1.32. The van der Waals surface area contributed by atoms with Crippen LogP contribution < -0.4 is 10.5 Å². The van der Waals surface area contributed by atoms with Gasteiger partial charge in [-0.15, -0.1) is 0 Å². The number of hydrogen-bond acceptors (Lipinski definition) is 4. The summed E-state index contributed by atoms with van der Waals surface area (Å²) in [4.78, 5) is 14.5. The lowest BCUT2D eigenvalue weighted by molar-refractivity contribution is 0.0792. The Hall–Kier alpha value is -2.37. The second-order valence-corrected chi connectivity index (χ2v) is 10.5. The number of nitrogens with zero attached hydrogens (tertiary/aromatic N) is 1. The Bertz CT molecular complexity index is 991. The van der Waals surface area contributed by atoms with Crippen molar-refractivity contribution in [2.24, 2.45) is 11.7 Å². The molecule has 1 saturated carbocycles. The van der Waals surface area contributed by atoms with E-state index in [0.29, 0.717) is 24.0 Å². The Morgan fingerprint density at radius 3 is 2.82 bits per heavy atom. The molecule has 0 spiro atoms. The number of benzene rings is 2. The molecule has 3 atom stereocenters. The van der Waals surface area contributed by atoms with Gasteiger partial charge < -0.3 is 20.5 Å². The van der Waals surface area contributed by atoms with Gasteiger partial charge in [-0.25, -0.2) is 0 Å². The van der Waals surface area contributed by atoms with Crippen LogP contribution >= 0.6 is 0 Å². The van der Waals surface area contributed by atoms with Crippen LogP contribution in [0.4, 0.5) is 0 Å². The highest BCUT2D eigenvalue weighted by atomic mass is 16.5. The van der Waals surface area contributed by atoms with Gasteiger partial charge in [-0.3, -0.25) is 4.79 Å². The summed E-state index contributed by atoms with van der Waals surface area (Å²) < 4.78 is 6.14. The minimum atomic E-state index is -0.407. The van der Waals surface area contributed by atoms with Crippen molar-refractivity contribution in [3.05, 3.63) is 64.7 Å². The molecule has 2 aromatic rings. The molecule has 5 nitrogen and oxygen atoms in total. The average Bonchev–Trinajstić information content (AvgIpc) is 3.28. The van der Waals surface area contributed by atoms with Crippen molar-refractivity contribution >= 4 is 5.91 Å². The maximum Gasteiger partial charge on any atom is 0.253 e. The molecule has 184 valence electrons. The molecule has 0 aromatic heterocycles. The number of aryl methyl sites for hydroxylation is 1. The van der Waals surface area contributed by atoms with Crippen molar-refractivity contribution in [1.29, 1.82) is 0 Å². The molecule has 4 rings (SSSR count). The molecule has 2 aliphatic carbocycles. The number of amides is 1. The summed E-state index contributed by atoms with van der Waals surface area (Å²) in [5, 5.41) is 9.59. The number of carbonyl (C=O) groups excluding carboxylic acids is 1. The van der Waals surface area contributed by atoms with Gasteiger partial charge in [-0.05, 0) is 91.7 Å². The molecule has 34 heavy (non-hydrogen) atoms. The largest absolute Gasteiger partial charge is 0.493 e. The fourth-order valence-corrected chi connectivity index (χ4v) is 5.48. The summed E-state index contributed by atoms with van der Waals surface area (Å²) >= 11 is 0. The number of nitrogens with two attached hydrogens (primary N) is 1. The van der Waals surface area contributed by atoms with Crippen molar-refractivity contribution in [3.63, 3.8) is 0 Å². The third-order valence-corrected chi connectivity index (χ3v) is 7.75. The summed E-state index contributed by atoms with van der Waals surface area (Å²) in [5.41, 5.74) is 10.8. The van der Waals surface area contributed by atoms with Crippen molar-refractivity contribution in [1.82, 2.24) is 4.90 Å². The molecular weight excluding hydrogens is 424 g/mol. The van der Waals surface area contributed by atoms with E-state index in [0.717, 1.165) is 63.7 Å². The molecule has 2 aliphatic rings. The maximum atomic E-state index is 12.7. The summed E-state index contributed by atoms with van der Waals surface area (Å²) in [6.07, 6.45) is 8.11. The number of rotatable bonds is 9. The molecule has 0 bridgehead atoms. The predicted molar refractivity (Wildman–Crippen MR) is 136 cm³/mol. The highest BCUT2D eigenvalue weighted by Gasteiger charge is 2.36. The van der Waals surface area contributed by atoms with E-state index < -0.39 is 5.54 Å². The maximum absolute atomic E-state index is 12.7. The second kappa shape index (κ2) is 10.9. The first-order valence-corrected chi connectivity index (χ1v) is 12.9. The van der Waals surface area contributed by atoms with Crippen molar-refractivity contribution in [2.45, 2.75) is 69.7 Å². The number of hydrogen-bond donors (Lipinski definition) is 2. The van der Waals surface area contributed by atoms with Crippen LogP contribution in [0.5, 0.6) is 5.75 Å². The minimum Gasteiger partial charge on any atom is -0.493 e. The van der Waals surface area contributed by atoms with Gasteiger partial charge in [0.05, 0.1) is 13.2 Å². The lowest BCUT2D eigenvalue weighted by Gasteiger charge is -2.26. The Morgan fingerprint density at radius 1 is 1.21 bits per heavy atom. The normalized spacial score (nSPS) is 24.0. The van der Waals surface area contributed by atoms with Crippen LogP contribution in [0.1, 0.15) is 78.4 Å². The number of ether oxygens (including phenoxy) is 1. The van der Waals surface area contributed by atoms with Crippen LogP contribution in [0.3, 0.4) is 0 Å². The first-order chi connectivity index (χ1) is 16.4. The van der Waals surface area contributed by atoms with E-state index in [4.69, 9.17) is 10.5 Å². The van der Waals surface area contributed by atoms with Crippen molar-refractivity contribution in [3.8, 4) is 5.75 Å². The number of fused-ring (bicyclic) bond motifs is 1. The number of carbonyl (C=O) groups is 1. The van der Waals surface area contributed by atoms with E-state index in [1.54, 1.807) is 4.90 Å². The average molecular weight is 465 g/mol. The molecule has 0 radical (unpaired) electrons. The molecule has 3 N–H and O–H groups in total. The van der Waals surface area contributed by atoms with Crippen LogP contribution in [-0.4, -0.2) is 48.3 Å². The van der Waals surface area contributed by atoms with Gasteiger partial charge in [0.1, 0.15) is 5.75 Å². The molecule has 1 amide bonds. The Morgan fingerprint density at radius 2 is 2.06 bits per heavy atom. The summed E-state index contributed by atoms with van der Waals surface area (Å²) in [7, 11) is 1.86. The van der Waals surface area contributed by atoms with E-state index >= 15 is 0 Å². The van der Waals surface area contributed by atoms with Gasteiger partial charge in [-0.1, -0.05) is 37.6 Å². The molecule has 0 heterocycles. The molecule has 1 fully saturated rings. The van der Waals surface area contributed by atoms with Crippen LogP contribution in [-0.2, 0) is 12.8 Å². The van der Waals surface area contributed by atoms with Gasteiger partial charge in [-0.2, -0.15) is 0 Å². The van der Waals surface area contributed by atoms with Gasteiger partial charge >= 0.3 is 0 Å². The third-order valence-electron chi connectivity index (χ3n) is 7.75. The van der Waals surface area contributed by atoms with E-state index in [2.05, 4.69) is 25.1 Å². The topological polar surface area (TPSA) is 75.8 Å². The summed E-state index contributed by atoms with van der Waals surface area (Å²) in [6.45, 7) is 3.65. The van der Waals surface area contributed by atoms with Gasteiger partial charge in [0.2, 0.25) is 0 Å². The van der Waals surface area contributed by atoms with Gasteiger partial charge in [0.15, 0.2) is 0 Å². The van der Waals surface area contributed by atoms with E-state index in [1.165, 1.54) is 16.7 Å². The van der Waals surface area contributed by atoms with E-state index in [-0.39, 0.29) is 12.5 Å². The molecule has 2 aromatic carbocycles. The van der Waals surface area contributed by atoms with Crippen molar-refractivity contribution in [2.75, 3.05) is 26.8 Å². The van der Waals surface area contributed by atoms with Gasteiger partial charge in [0, 0.05) is 24.7 Å².